The van der Waals surface area contributed by atoms with Crippen molar-refractivity contribution in [2.75, 3.05) is 5.32 Å². The van der Waals surface area contributed by atoms with Crippen LogP contribution in [0.15, 0.2) is 24.3 Å². The average Bonchev–Trinajstić information content (AvgIpc) is 2.90. The van der Waals surface area contributed by atoms with Gasteiger partial charge in [0.1, 0.15) is 5.75 Å². The highest BCUT2D eigenvalue weighted by Crippen LogP contribution is 2.15. The number of aryl methyl sites for hydroxylation is 1. The molecule has 2 rings (SSSR count). The van der Waals surface area contributed by atoms with E-state index in [9.17, 15) is 13.6 Å². The molecule has 0 radical (unpaired) electrons. The second-order valence-corrected chi connectivity index (χ2v) is 3.81. The molecule has 1 amide bonds. The highest BCUT2D eigenvalue weighted by atomic mass is 19.3. The van der Waals surface area contributed by atoms with Crippen LogP contribution >= 0.6 is 0 Å². The van der Waals surface area contributed by atoms with Gasteiger partial charge in [0.25, 0.3) is 5.95 Å². The van der Waals surface area contributed by atoms with Gasteiger partial charge in [-0.3, -0.25) is 10.1 Å². The van der Waals surface area contributed by atoms with E-state index in [1.807, 2.05) is 0 Å². The van der Waals surface area contributed by atoms with E-state index in [0.717, 1.165) is 5.56 Å². The van der Waals surface area contributed by atoms with E-state index < -0.39 is 6.61 Å². The molecule has 2 N–H and O–H groups in total. The van der Waals surface area contributed by atoms with Gasteiger partial charge in [-0.1, -0.05) is 17.2 Å². The molecule has 0 bridgehead atoms. The molecule has 0 aliphatic rings. The standard InChI is InChI=1S/C11H11F2N5O2/c12-10(13)20-8-4-1-7(2-5-8)3-6-9(19)14-11-15-17-18-16-11/h1-2,4-5,10H,3,6H2,(H2,14,15,16,17,18,19). The summed E-state index contributed by atoms with van der Waals surface area (Å²) in [6.07, 6.45) is 0.669. The van der Waals surface area contributed by atoms with E-state index in [-0.39, 0.29) is 24.0 Å². The number of amides is 1. The van der Waals surface area contributed by atoms with Crippen molar-refractivity contribution in [3.63, 3.8) is 0 Å². The van der Waals surface area contributed by atoms with Crippen molar-refractivity contribution in [1.29, 1.82) is 0 Å². The third-order valence-corrected chi connectivity index (χ3v) is 2.39. The van der Waals surface area contributed by atoms with E-state index in [4.69, 9.17) is 0 Å². The number of H-pyrrole nitrogens is 1. The van der Waals surface area contributed by atoms with Crippen LogP contribution in [0.1, 0.15) is 12.0 Å². The molecule has 1 aromatic heterocycles. The summed E-state index contributed by atoms with van der Waals surface area (Å²) in [5.41, 5.74) is 0.829. The van der Waals surface area contributed by atoms with Crippen LogP contribution in [-0.4, -0.2) is 33.1 Å². The molecule has 0 aliphatic carbocycles. The molecule has 0 saturated heterocycles. The number of rotatable bonds is 6. The molecule has 0 saturated carbocycles. The third-order valence-electron chi connectivity index (χ3n) is 2.39. The third kappa shape index (κ3) is 4.26. The van der Waals surface area contributed by atoms with Gasteiger partial charge in [0.2, 0.25) is 5.91 Å². The molecule has 20 heavy (non-hydrogen) atoms. The van der Waals surface area contributed by atoms with Gasteiger partial charge in [0.05, 0.1) is 0 Å². The Kier molecular flexibility index (Phi) is 4.53. The monoisotopic (exact) mass is 283 g/mol. The van der Waals surface area contributed by atoms with Gasteiger partial charge in [-0.15, -0.1) is 5.10 Å². The summed E-state index contributed by atoms with van der Waals surface area (Å²) < 4.78 is 28.1. The number of nitrogens with one attached hydrogen (secondary N) is 2. The lowest BCUT2D eigenvalue weighted by Gasteiger charge is -2.05. The highest BCUT2D eigenvalue weighted by Gasteiger charge is 2.07. The Labute approximate surface area is 112 Å². The van der Waals surface area contributed by atoms with Crippen LogP contribution in [-0.2, 0) is 11.2 Å². The number of aromatic amines is 1. The minimum atomic E-state index is -2.85. The number of carbonyl (C=O) groups excluding carboxylic acids is 1. The summed E-state index contributed by atoms with van der Waals surface area (Å²) in [4.78, 5) is 11.5. The number of alkyl halides is 2. The largest absolute Gasteiger partial charge is 0.435 e. The lowest BCUT2D eigenvalue weighted by atomic mass is 10.1. The van der Waals surface area contributed by atoms with E-state index >= 15 is 0 Å². The van der Waals surface area contributed by atoms with Gasteiger partial charge >= 0.3 is 6.61 Å². The van der Waals surface area contributed by atoms with Crippen LogP contribution in [0, 0.1) is 0 Å². The Balaban J connectivity index is 1.80. The molecule has 9 heteroatoms. The summed E-state index contributed by atoms with van der Waals surface area (Å²) in [6.45, 7) is -2.85. The summed E-state index contributed by atoms with van der Waals surface area (Å²) in [5, 5.41) is 15.1. The maximum Gasteiger partial charge on any atom is 0.387 e. The van der Waals surface area contributed by atoms with Gasteiger partial charge < -0.3 is 4.74 Å². The van der Waals surface area contributed by atoms with E-state index in [2.05, 4.69) is 30.7 Å². The molecule has 1 heterocycles. The number of hydrogen-bond acceptors (Lipinski definition) is 5. The second kappa shape index (κ2) is 6.55. The van der Waals surface area contributed by atoms with Crippen molar-refractivity contribution in [1.82, 2.24) is 20.6 Å². The second-order valence-electron chi connectivity index (χ2n) is 3.81. The zero-order chi connectivity index (χ0) is 14.4. The average molecular weight is 283 g/mol. The van der Waals surface area contributed by atoms with Crippen LogP contribution in [0.4, 0.5) is 14.7 Å². The van der Waals surface area contributed by atoms with E-state index in [1.165, 1.54) is 12.1 Å². The molecule has 1 aromatic carbocycles. The zero-order valence-electron chi connectivity index (χ0n) is 10.2. The first-order chi connectivity index (χ1) is 9.63. The Hall–Kier alpha value is -2.58. The Morgan fingerprint density at radius 3 is 2.70 bits per heavy atom. The van der Waals surface area contributed by atoms with Crippen LogP contribution in [0.2, 0.25) is 0 Å². The Morgan fingerprint density at radius 1 is 1.35 bits per heavy atom. The number of tetrazole rings is 1. The van der Waals surface area contributed by atoms with Crippen molar-refractivity contribution in [2.24, 2.45) is 0 Å². The minimum absolute atomic E-state index is 0.0833. The molecule has 106 valence electrons. The molecule has 0 atom stereocenters. The number of nitrogens with zero attached hydrogens (tertiary/aromatic N) is 3. The summed E-state index contributed by atoms with van der Waals surface area (Å²) in [6, 6.07) is 6.11. The van der Waals surface area contributed by atoms with Crippen molar-refractivity contribution in [3.05, 3.63) is 29.8 Å². The van der Waals surface area contributed by atoms with Crippen molar-refractivity contribution in [2.45, 2.75) is 19.5 Å². The predicted octanol–water partition coefficient (Wildman–Crippen LogP) is 1.37. The SMILES string of the molecule is O=C(CCc1ccc(OC(F)F)cc1)Nc1nn[nH]n1. The number of ether oxygens (including phenoxy) is 1. The molecule has 0 aliphatic heterocycles. The van der Waals surface area contributed by atoms with Gasteiger partial charge in [-0.05, 0) is 29.3 Å². The lowest BCUT2D eigenvalue weighted by Crippen LogP contribution is -2.13. The Morgan fingerprint density at radius 2 is 2.10 bits per heavy atom. The topological polar surface area (TPSA) is 92.8 Å². The fourth-order valence-corrected chi connectivity index (χ4v) is 1.50. The normalized spacial score (nSPS) is 10.6. The number of carbonyl (C=O) groups is 1. The van der Waals surface area contributed by atoms with Gasteiger partial charge in [0, 0.05) is 6.42 Å². The van der Waals surface area contributed by atoms with Crippen LogP contribution in [0.5, 0.6) is 5.75 Å². The zero-order valence-corrected chi connectivity index (χ0v) is 10.2. The first-order valence-electron chi connectivity index (χ1n) is 5.70. The number of hydrogen-bond donors (Lipinski definition) is 2. The van der Waals surface area contributed by atoms with Crippen LogP contribution < -0.4 is 10.1 Å². The molecular weight excluding hydrogens is 272 g/mol. The molecule has 0 spiro atoms. The quantitative estimate of drug-likeness (QED) is 0.835. The molecular formula is C11H11F2N5O2. The maximum absolute atomic E-state index is 12.0. The van der Waals surface area contributed by atoms with Crippen LogP contribution in [0.25, 0.3) is 0 Å². The number of halogens is 2. The summed E-state index contributed by atoms with van der Waals surface area (Å²) >= 11 is 0. The Bertz CT molecular complexity index is 544. The predicted molar refractivity (Wildman–Crippen MR) is 64.2 cm³/mol. The molecule has 0 fully saturated rings. The van der Waals surface area contributed by atoms with Gasteiger partial charge in [0.15, 0.2) is 0 Å². The smallest absolute Gasteiger partial charge is 0.387 e. The number of aromatic nitrogens is 4. The van der Waals surface area contributed by atoms with Crippen molar-refractivity contribution in [3.8, 4) is 5.75 Å². The fourth-order valence-electron chi connectivity index (χ4n) is 1.50. The van der Waals surface area contributed by atoms with E-state index in [1.54, 1.807) is 12.1 Å². The first-order valence-corrected chi connectivity index (χ1v) is 5.70. The first kappa shape index (κ1) is 13.8. The molecule has 7 nitrogen and oxygen atoms in total. The highest BCUT2D eigenvalue weighted by molar-refractivity contribution is 5.88. The maximum atomic E-state index is 12.0. The lowest BCUT2D eigenvalue weighted by molar-refractivity contribution is -0.116. The van der Waals surface area contributed by atoms with E-state index in [0.29, 0.717) is 6.42 Å². The van der Waals surface area contributed by atoms with Crippen molar-refractivity contribution >= 4 is 11.9 Å². The van der Waals surface area contributed by atoms with Crippen LogP contribution in [0.3, 0.4) is 0 Å². The fraction of sp³-hybridized carbons (Fsp3) is 0.273. The summed E-state index contributed by atoms with van der Waals surface area (Å²) in [5.74, 6) is -0.0741. The number of anilines is 1. The summed E-state index contributed by atoms with van der Waals surface area (Å²) in [7, 11) is 0. The van der Waals surface area contributed by atoms with Gasteiger partial charge in [-0.25, -0.2) is 0 Å². The minimum Gasteiger partial charge on any atom is -0.435 e. The van der Waals surface area contributed by atoms with Crippen molar-refractivity contribution < 1.29 is 18.3 Å². The number of benzene rings is 1. The molecule has 0 unspecified atom stereocenters. The molecule has 2 aromatic rings. The van der Waals surface area contributed by atoms with Gasteiger partial charge in [-0.2, -0.15) is 14.0 Å².